The van der Waals surface area contributed by atoms with Crippen molar-refractivity contribution < 1.29 is 32.3 Å². The minimum Gasteiger partial charge on any atom is -0.468 e. The second kappa shape index (κ2) is 6.16. The zero-order valence-electron chi connectivity index (χ0n) is 10.5. The van der Waals surface area contributed by atoms with Gasteiger partial charge in [0.05, 0.1) is 7.11 Å². The van der Waals surface area contributed by atoms with Crippen molar-refractivity contribution in [3.05, 3.63) is 0 Å². The second-order valence-corrected chi connectivity index (χ2v) is 4.58. The molecular formula is C12H15F3O4. The lowest BCUT2D eigenvalue weighted by atomic mass is 9.88. The molecule has 1 aliphatic carbocycles. The number of ketones is 2. The fourth-order valence-electron chi connectivity index (χ4n) is 2.24. The van der Waals surface area contributed by atoms with Crippen LogP contribution in [-0.4, -0.2) is 30.8 Å². The Kier molecular flexibility index (Phi) is 5.08. The number of carbonyl (C=O) groups excluding carboxylic acids is 3. The molecule has 1 fully saturated rings. The topological polar surface area (TPSA) is 60.4 Å². The molecule has 1 atom stereocenters. The summed E-state index contributed by atoms with van der Waals surface area (Å²) in [7, 11) is 0.981. The van der Waals surface area contributed by atoms with E-state index in [-0.39, 0.29) is 0 Å². The highest BCUT2D eigenvalue weighted by atomic mass is 19.4. The van der Waals surface area contributed by atoms with Crippen molar-refractivity contribution in [3.63, 3.8) is 0 Å². The van der Waals surface area contributed by atoms with E-state index in [0.29, 0.717) is 12.8 Å². The quantitative estimate of drug-likeness (QED) is 0.571. The minimum atomic E-state index is -5.04. The van der Waals surface area contributed by atoms with Crippen LogP contribution in [0.25, 0.3) is 0 Å². The monoisotopic (exact) mass is 280 g/mol. The molecule has 1 aliphatic rings. The Labute approximate surface area is 108 Å². The van der Waals surface area contributed by atoms with E-state index >= 15 is 0 Å². The Bertz CT molecular complexity index is 370. The van der Waals surface area contributed by atoms with Gasteiger partial charge in [0.2, 0.25) is 5.78 Å². The summed E-state index contributed by atoms with van der Waals surface area (Å²) in [6.45, 7) is 0. The van der Waals surface area contributed by atoms with Crippen LogP contribution in [0.4, 0.5) is 13.2 Å². The number of hydrogen-bond donors (Lipinski definition) is 0. The van der Waals surface area contributed by atoms with Gasteiger partial charge >= 0.3 is 12.1 Å². The summed E-state index contributed by atoms with van der Waals surface area (Å²) in [5.41, 5.74) is 0. The lowest BCUT2D eigenvalue weighted by Gasteiger charge is -2.17. The zero-order valence-corrected chi connectivity index (χ0v) is 10.5. The summed E-state index contributed by atoms with van der Waals surface area (Å²) in [4.78, 5) is 34.3. The minimum absolute atomic E-state index is 0.440. The molecule has 0 aromatic carbocycles. The smallest absolute Gasteiger partial charge is 0.450 e. The van der Waals surface area contributed by atoms with Crippen molar-refractivity contribution in [1.82, 2.24) is 0 Å². The van der Waals surface area contributed by atoms with Crippen molar-refractivity contribution in [3.8, 4) is 0 Å². The molecule has 1 rings (SSSR count). The lowest BCUT2D eigenvalue weighted by Crippen LogP contribution is -2.35. The second-order valence-electron chi connectivity index (χ2n) is 4.58. The van der Waals surface area contributed by atoms with E-state index in [4.69, 9.17) is 0 Å². The van der Waals surface area contributed by atoms with Gasteiger partial charge in [0.1, 0.15) is 5.92 Å². The van der Waals surface area contributed by atoms with E-state index in [0.717, 1.165) is 20.0 Å². The van der Waals surface area contributed by atoms with E-state index in [1.54, 1.807) is 0 Å². The van der Waals surface area contributed by atoms with Crippen molar-refractivity contribution in [2.45, 2.75) is 38.3 Å². The molecule has 0 saturated heterocycles. The van der Waals surface area contributed by atoms with E-state index in [9.17, 15) is 27.6 Å². The predicted molar refractivity (Wildman–Crippen MR) is 58.2 cm³/mol. The molecule has 19 heavy (non-hydrogen) atoms. The highest BCUT2D eigenvalue weighted by molar-refractivity contribution is 6.04. The molecule has 108 valence electrons. The van der Waals surface area contributed by atoms with Crippen LogP contribution < -0.4 is 0 Å². The molecule has 0 spiro atoms. The third kappa shape index (κ3) is 4.04. The van der Waals surface area contributed by atoms with Gasteiger partial charge in [-0.05, 0) is 12.8 Å². The molecule has 4 nitrogen and oxygen atoms in total. The number of rotatable bonds is 5. The fraction of sp³-hybridized carbons (Fsp3) is 0.750. The molecular weight excluding hydrogens is 265 g/mol. The maximum absolute atomic E-state index is 12.2. The summed E-state index contributed by atoms with van der Waals surface area (Å²) in [5.74, 6) is -5.84. The molecule has 0 aromatic heterocycles. The average Bonchev–Trinajstić information content (AvgIpc) is 2.86. The lowest BCUT2D eigenvalue weighted by molar-refractivity contribution is -0.174. The fourth-order valence-corrected chi connectivity index (χ4v) is 2.24. The first-order valence-electron chi connectivity index (χ1n) is 5.99. The summed E-state index contributed by atoms with van der Waals surface area (Å²) < 4.78 is 40.9. The van der Waals surface area contributed by atoms with E-state index < -0.39 is 42.0 Å². The molecule has 1 unspecified atom stereocenters. The van der Waals surface area contributed by atoms with Gasteiger partial charge in [-0.3, -0.25) is 14.4 Å². The zero-order chi connectivity index (χ0) is 14.6. The van der Waals surface area contributed by atoms with Crippen molar-refractivity contribution in [2.75, 3.05) is 7.11 Å². The molecule has 0 aromatic rings. The van der Waals surface area contributed by atoms with Gasteiger partial charge in [-0.25, -0.2) is 0 Å². The van der Waals surface area contributed by atoms with Gasteiger partial charge in [0.15, 0.2) is 5.78 Å². The Morgan fingerprint density at radius 2 is 1.74 bits per heavy atom. The Balaban J connectivity index is 2.80. The maximum Gasteiger partial charge on any atom is 0.450 e. The SMILES string of the molecule is COC(=O)C(CC(=O)C(F)(F)F)C(=O)C1CCCC1. The van der Waals surface area contributed by atoms with E-state index in [1.807, 2.05) is 0 Å². The molecule has 7 heteroatoms. The highest BCUT2D eigenvalue weighted by Crippen LogP contribution is 2.30. The van der Waals surface area contributed by atoms with Crippen LogP contribution >= 0.6 is 0 Å². The van der Waals surface area contributed by atoms with Gasteiger partial charge in [-0.2, -0.15) is 13.2 Å². The molecule has 0 radical (unpaired) electrons. The third-order valence-electron chi connectivity index (χ3n) is 3.29. The van der Waals surface area contributed by atoms with Crippen LogP contribution in [0.5, 0.6) is 0 Å². The van der Waals surface area contributed by atoms with Gasteiger partial charge in [0, 0.05) is 12.3 Å². The Morgan fingerprint density at radius 3 is 2.16 bits per heavy atom. The van der Waals surface area contributed by atoms with E-state index in [2.05, 4.69) is 4.74 Å². The molecule has 0 heterocycles. The largest absolute Gasteiger partial charge is 0.468 e. The van der Waals surface area contributed by atoms with E-state index in [1.165, 1.54) is 0 Å². The van der Waals surface area contributed by atoms with Gasteiger partial charge < -0.3 is 4.74 Å². The molecule has 0 amide bonds. The average molecular weight is 280 g/mol. The first-order chi connectivity index (χ1) is 8.77. The third-order valence-corrected chi connectivity index (χ3v) is 3.29. The standard InChI is InChI=1S/C12H15F3O4/c1-19-11(18)8(6-9(16)12(13,14)15)10(17)7-4-2-3-5-7/h7-8H,2-6H2,1H3. The number of alkyl halides is 3. The highest BCUT2D eigenvalue weighted by Gasteiger charge is 2.44. The number of methoxy groups -OCH3 is 1. The summed E-state index contributed by atoms with van der Waals surface area (Å²) >= 11 is 0. The summed E-state index contributed by atoms with van der Waals surface area (Å²) in [6.07, 6.45) is -3.50. The van der Waals surface area contributed by atoms with Gasteiger partial charge in [-0.15, -0.1) is 0 Å². The molecule has 0 bridgehead atoms. The number of esters is 1. The number of ether oxygens (including phenoxy) is 1. The Hall–Kier alpha value is -1.40. The van der Waals surface area contributed by atoms with Crippen LogP contribution in [-0.2, 0) is 19.1 Å². The van der Waals surface area contributed by atoms with Crippen LogP contribution in [0.2, 0.25) is 0 Å². The number of hydrogen-bond acceptors (Lipinski definition) is 4. The van der Waals surface area contributed by atoms with Gasteiger partial charge in [0.25, 0.3) is 0 Å². The van der Waals surface area contributed by atoms with Gasteiger partial charge in [-0.1, -0.05) is 12.8 Å². The number of Topliss-reactive ketones (excluding diaryl/α,β-unsaturated/α-hetero) is 2. The predicted octanol–water partition coefficient (Wildman–Crippen LogP) is 2.06. The van der Waals surface area contributed by atoms with Crippen LogP contribution in [0.1, 0.15) is 32.1 Å². The number of halogens is 3. The first kappa shape index (κ1) is 15.7. The summed E-state index contributed by atoms with van der Waals surface area (Å²) in [5, 5.41) is 0. The molecule has 0 N–H and O–H groups in total. The number of carbonyl (C=O) groups is 3. The van der Waals surface area contributed by atoms with Crippen LogP contribution in [0.15, 0.2) is 0 Å². The molecule has 0 aliphatic heterocycles. The first-order valence-corrected chi connectivity index (χ1v) is 5.99. The normalized spacial score (nSPS) is 18.1. The van der Waals surface area contributed by atoms with Crippen molar-refractivity contribution >= 4 is 17.5 Å². The van der Waals surface area contributed by atoms with Crippen LogP contribution in [0, 0.1) is 11.8 Å². The van der Waals surface area contributed by atoms with Crippen LogP contribution in [0.3, 0.4) is 0 Å². The Morgan fingerprint density at radius 1 is 1.21 bits per heavy atom. The maximum atomic E-state index is 12.2. The summed E-state index contributed by atoms with van der Waals surface area (Å²) in [6, 6.07) is 0. The molecule has 1 saturated carbocycles. The van der Waals surface area contributed by atoms with Crippen molar-refractivity contribution in [2.24, 2.45) is 11.8 Å². The van der Waals surface area contributed by atoms with Crippen molar-refractivity contribution in [1.29, 1.82) is 0 Å².